The maximum absolute atomic E-state index is 13.2. The van der Waals surface area contributed by atoms with Crippen molar-refractivity contribution in [3.05, 3.63) is 46.7 Å². The minimum atomic E-state index is -0.733. The number of hydrogen-bond donors (Lipinski definition) is 1. The molecule has 1 N–H and O–H groups in total. The Bertz CT molecular complexity index is 1110. The highest BCUT2D eigenvalue weighted by Gasteiger charge is 2.23. The molecular formula is C18H19FN8O3. The van der Waals surface area contributed by atoms with Crippen molar-refractivity contribution in [1.82, 2.24) is 24.6 Å². The van der Waals surface area contributed by atoms with Gasteiger partial charge in [-0.05, 0) is 12.1 Å². The Hall–Kier alpha value is -3.67. The average Bonchev–Trinajstić information content (AvgIpc) is 3.11. The number of aromatic nitrogens is 4. The van der Waals surface area contributed by atoms with Gasteiger partial charge in [-0.25, -0.2) is 14.4 Å². The van der Waals surface area contributed by atoms with E-state index in [2.05, 4.69) is 25.3 Å². The second-order valence-electron chi connectivity index (χ2n) is 6.93. The van der Waals surface area contributed by atoms with E-state index in [1.54, 1.807) is 10.9 Å². The molecule has 3 aromatic rings. The predicted octanol–water partition coefficient (Wildman–Crippen LogP) is 1.17. The van der Waals surface area contributed by atoms with E-state index in [0.29, 0.717) is 26.2 Å². The van der Waals surface area contributed by atoms with Gasteiger partial charge in [-0.15, -0.1) is 0 Å². The van der Waals surface area contributed by atoms with Crippen molar-refractivity contribution in [2.24, 2.45) is 7.05 Å². The molecule has 1 aliphatic rings. The Morgan fingerprint density at radius 1 is 1.27 bits per heavy atom. The van der Waals surface area contributed by atoms with Crippen molar-refractivity contribution in [2.75, 3.05) is 42.9 Å². The van der Waals surface area contributed by atoms with Gasteiger partial charge < -0.3 is 10.2 Å². The minimum Gasteiger partial charge on any atom is -0.353 e. The topological polar surface area (TPSA) is 122 Å². The molecule has 1 saturated heterocycles. The molecular weight excluding hydrogens is 395 g/mol. The van der Waals surface area contributed by atoms with Crippen molar-refractivity contribution < 1.29 is 14.1 Å². The zero-order chi connectivity index (χ0) is 21.3. The maximum atomic E-state index is 13.2. The largest absolute Gasteiger partial charge is 0.353 e. The first-order valence-corrected chi connectivity index (χ1v) is 9.26. The van der Waals surface area contributed by atoms with Crippen LogP contribution in [0.25, 0.3) is 11.0 Å². The van der Waals surface area contributed by atoms with Crippen LogP contribution in [0.4, 0.5) is 21.6 Å². The van der Waals surface area contributed by atoms with E-state index < -0.39 is 22.3 Å². The molecule has 3 heterocycles. The summed E-state index contributed by atoms with van der Waals surface area (Å²) in [6.45, 7) is 2.62. The zero-order valence-electron chi connectivity index (χ0n) is 16.2. The number of aryl methyl sites for hydroxylation is 1. The van der Waals surface area contributed by atoms with Crippen molar-refractivity contribution >= 4 is 34.1 Å². The van der Waals surface area contributed by atoms with Gasteiger partial charge in [0.25, 0.3) is 5.69 Å². The van der Waals surface area contributed by atoms with E-state index in [1.807, 2.05) is 11.9 Å². The highest BCUT2D eigenvalue weighted by molar-refractivity contribution is 5.94. The number of hydrogen-bond acceptors (Lipinski definition) is 8. The second-order valence-corrected chi connectivity index (χ2v) is 6.93. The van der Waals surface area contributed by atoms with Crippen molar-refractivity contribution in [3.8, 4) is 0 Å². The third-order valence-corrected chi connectivity index (χ3v) is 4.98. The number of nitro benzene ring substituents is 1. The van der Waals surface area contributed by atoms with Crippen LogP contribution in [0.5, 0.6) is 0 Å². The molecule has 1 aromatic carbocycles. The fourth-order valence-electron chi connectivity index (χ4n) is 3.47. The fourth-order valence-corrected chi connectivity index (χ4v) is 3.47. The Morgan fingerprint density at radius 2 is 2.03 bits per heavy atom. The highest BCUT2D eigenvalue weighted by atomic mass is 19.1. The van der Waals surface area contributed by atoms with E-state index in [0.717, 1.165) is 29.0 Å². The molecule has 0 radical (unpaired) electrons. The standard InChI is InChI=1S/C18H19FN8O3/c1-24-17-13(9-22-24)18(21-11-20-17)26-6-4-25(5-7-26)10-16(28)23-14-3-2-12(19)8-15(14)27(29)30/h2-3,8-9,11H,4-7,10H2,1H3,(H,23,28). The van der Waals surface area contributed by atoms with Crippen LogP contribution in [-0.2, 0) is 11.8 Å². The smallest absolute Gasteiger partial charge is 0.295 e. The van der Waals surface area contributed by atoms with Crippen LogP contribution in [0.15, 0.2) is 30.7 Å². The molecule has 1 amide bonds. The Balaban J connectivity index is 1.37. The van der Waals surface area contributed by atoms with Crippen LogP contribution in [0.2, 0.25) is 0 Å². The Kier molecular flexibility index (Phi) is 5.23. The number of fused-ring (bicyclic) bond motifs is 1. The van der Waals surface area contributed by atoms with Crippen LogP contribution in [0, 0.1) is 15.9 Å². The molecule has 1 fully saturated rings. The predicted molar refractivity (Wildman–Crippen MR) is 107 cm³/mol. The lowest BCUT2D eigenvalue weighted by Crippen LogP contribution is -2.49. The summed E-state index contributed by atoms with van der Waals surface area (Å²) in [5, 5.41) is 18.7. The van der Waals surface area contributed by atoms with Gasteiger partial charge in [0.05, 0.1) is 29.1 Å². The number of nitro groups is 1. The first-order valence-electron chi connectivity index (χ1n) is 9.26. The monoisotopic (exact) mass is 414 g/mol. The van der Waals surface area contributed by atoms with Gasteiger partial charge in [0, 0.05) is 33.2 Å². The summed E-state index contributed by atoms with van der Waals surface area (Å²) in [4.78, 5) is 35.4. The third kappa shape index (κ3) is 3.89. The number of anilines is 2. The molecule has 12 heteroatoms. The number of carbonyl (C=O) groups excluding carboxylic acids is 1. The molecule has 0 aliphatic carbocycles. The van der Waals surface area contributed by atoms with Crippen LogP contribution < -0.4 is 10.2 Å². The van der Waals surface area contributed by atoms with Crippen LogP contribution in [0.3, 0.4) is 0 Å². The van der Waals surface area contributed by atoms with E-state index in [-0.39, 0.29) is 12.2 Å². The molecule has 0 unspecified atom stereocenters. The summed E-state index contributed by atoms with van der Waals surface area (Å²) in [7, 11) is 1.82. The molecule has 0 bridgehead atoms. The Morgan fingerprint density at radius 3 is 2.77 bits per heavy atom. The SMILES string of the molecule is Cn1ncc2c(N3CCN(CC(=O)Nc4ccc(F)cc4[N+](=O)[O-])CC3)ncnc21. The first-order chi connectivity index (χ1) is 14.4. The maximum Gasteiger partial charge on any atom is 0.295 e. The summed E-state index contributed by atoms with van der Waals surface area (Å²) >= 11 is 0. The summed E-state index contributed by atoms with van der Waals surface area (Å²) in [6.07, 6.45) is 3.24. The molecule has 30 heavy (non-hydrogen) atoms. The van der Waals surface area contributed by atoms with Gasteiger partial charge in [-0.3, -0.25) is 24.5 Å². The van der Waals surface area contributed by atoms with E-state index in [1.165, 1.54) is 12.4 Å². The summed E-state index contributed by atoms with van der Waals surface area (Å²) in [5.41, 5.74) is 0.255. The number of piperazine rings is 1. The summed E-state index contributed by atoms with van der Waals surface area (Å²) in [5.74, 6) is -0.322. The number of rotatable bonds is 5. The number of amides is 1. The van der Waals surface area contributed by atoms with E-state index in [4.69, 9.17) is 0 Å². The van der Waals surface area contributed by atoms with Gasteiger partial charge in [0.1, 0.15) is 23.6 Å². The number of halogens is 1. The molecule has 156 valence electrons. The number of nitrogens with one attached hydrogen (secondary N) is 1. The van der Waals surface area contributed by atoms with Crippen molar-refractivity contribution in [1.29, 1.82) is 0 Å². The van der Waals surface area contributed by atoms with E-state index in [9.17, 15) is 19.3 Å². The van der Waals surface area contributed by atoms with Gasteiger partial charge in [-0.2, -0.15) is 5.10 Å². The van der Waals surface area contributed by atoms with Gasteiger partial charge in [0.2, 0.25) is 5.91 Å². The fraction of sp³-hybridized carbons (Fsp3) is 0.333. The van der Waals surface area contributed by atoms with Gasteiger partial charge >= 0.3 is 0 Å². The number of nitrogens with zero attached hydrogens (tertiary/aromatic N) is 7. The van der Waals surface area contributed by atoms with Crippen molar-refractivity contribution in [2.45, 2.75) is 0 Å². The van der Waals surface area contributed by atoms with Crippen molar-refractivity contribution in [3.63, 3.8) is 0 Å². The lowest BCUT2D eigenvalue weighted by atomic mass is 10.2. The molecule has 11 nitrogen and oxygen atoms in total. The summed E-state index contributed by atoms with van der Waals surface area (Å²) < 4.78 is 14.9. The lowest BCUT2D eigenvalue weighted by Gasteiger charge is -2.35. The molecule has 1 aliphatic heterocycles. The Labute approximate surface area is 170 Å². The van der Waals surface area contributed by atoms with Crippen LogP contribution in [-0.4, -0.2) is 68.2 Å². The normalized spacial score (nSPS) is 14.8. The summed E-state index contributed by atoms with van der Waals surface area (Å²) in [6, 6.07) is 3.05. The quantitative estimate of drug-likeness (QED) is 0.488. The molecule has 0 saturated carbocycles. The first kappa shape index (κ1) is 19.6. The molecule has 2 aromatic heterocycles. The van der Waals surface area contributed by atoms with E-state index >= 15 is 0 Å². The lowest BCUT2D eigenvalue weighted by molar-refractivity contribution is -0.384. The molecule has 4 rings (SSSR count). The average molecular weight is 414 g/mol. The second kappa shape index (κ2) is 7.99. The van der Waals surface area contributed by atoms with Gasteiger partial charge in [-0.1, -0.05) is 0 Å². The minimum absolute atomic E-state index is 0.0232. The zero-order valence-corrected chi connectivity index (χ0v) is 16.2. The molecule has 0 atom stereocenters. The van der Waals surface area contributed by atoms with Crippen LogP contribution in [0.1, 0.15) is 0 Å². The highest BCUT2D eigenvalue weighted by Crippen LogP contribution is 2.25. The van der Waals surface area contributed by atoms with Crippen LogP contribution >= 0.6 is 0 Å². The van der Waals surface area contributed by atoms with Gasteiger partial charge in [0.15, 0.2) is 5.65 Å². The number of carbonyl (C=O) groups is 1. The number of benzene rings is 1. The molecule has 0 spiro atoms. The third-order valence-electron chi connectivity index (χ3n) is 4.98.